The summed E-state index contributed by atoms with van der Waals surface area (Å²) in [7, 11) is -2.53. The van der Waals surface area contributed by atoms with Crippen molar-refractivity contribution in [1.82, 2.24) is 10.2 Å². The summed E-state index contributed by atoms with van der Waals surface area (Å²) in [4.78, 5) is 28.6. The van der Waals surface area contributed by atoms with Crippen molar-refractivity contribution in [2.45, 2.75) is 64.6 Å². The van der Waals surface area contributed by atoms with Crippen molar-refractivity contribution < 1.29 is 22.7 Å². The van der Waals surface area contributed by atoms with Crippen molar-refractivity contribution in [1.29, 1.82) is 0 Å². The number of nitrogens with zero attached hydrogens (tertiary/aromatic N) is 2. The number of ether oxygens (including phenoxy) is 1. The first-order valence-electron chi connectivity index (χ1n) is 13.3. The van der Waals surface area contributed by atoms with E-state index in [1.54, 1.807) is 56.5 Å². The number of aryl methyl sites for hydroxylation is 2. The molecule has 8 nitrogen and oxygen atoms in total. The Morgan fingerprint density at radius 2 is 1.57 bits per heavy atom. The third kappa shape index (κ3) is 7.63. The van der Waals surface area contributed by atoms with Crippen LogP contribution < -0.4 is 14.4 Å². The highest BCUT2D eigenvalue weighted by atomic mass is 32.2. The summed E-state index contributed by atoms with van der Waals surface area (Å²) in [6.45, 7) is 8.89. The number of sulfonamides is 1. The van der Waals surface area contributed by atoms with Crippen LogP contribution >= 0.6 is 0 Å². The molecule has 2 amide bonds. The predicted molar refractivity (Wildman–Crippen MR) is 158 cm³/mol. The molecule has 0 bridgehead atoms. The van der Waals surface area contributed by atoms with E-state index in [1.807, 2.05) is 45.9 Å². The second kappa shape index (κ2) is 13.5. The second-order valence-corrected chi connectivity index (χ2v) is 11.9. The predicted octanol–water partition coefficient (Wildman–Crippen LogP) is 4.84. The van der Waals surface area contributed by atoms with Gasteiger partial charge in [-0.3, -0.25) is 13.9 Å². The molecule has 0 saturated heterocycles. The van der Waals surface area contributed by atoms with Gasteiger partial charge in [-0.15, -0.1) is 0 Å². The number of nitrogens with one attached hydrogen (secondary N) is 1. The molecule has 0 saturated carbocycles. The zero-order chi connectivity index (χ0) is 29.4. The standard InChI is InChI=1S/C31H39N3O5S/c1-7-24(4)32-31(36)25(5)33(20-26-13-15-28(39-6)16-14-26)30(35)21-34(27-10-8-9-23(3)19-27)40(37,38)29-17-11-22(2)12-18-29/h8-19,24-25H,7,20-21H2,1-6H3,(H,32,36). The molecule has 0 radical (unpaired) electrons. The highest BCUT2D eigenvalue weighted by Crippen LogP contribution is 2.26. The quantitative estimate of drug-likeness (QED) is 0.339. The Kier molecular flexibility index (Phi) is 10.3. The third-order valence-corrected chi connectivity index (χ3v) is 8.65. The van der Waals surface area contributed by atoms with E-state index in [4.69, 9.17) is 4.74 Å². The summed E-state index contributed by atoms with van der Waals surface area (Å²) < 4.78 is 34.1. The third-order valence-electron chi connectivity index (χ3n) is 6.86. The van der Waals surface area contributed by atoms with Crippen molar-refractivity contribution >= 4 is 27.5 Å². The maximum atomic E-state index is 14.0. The number of hydrogen-bond donors (Lipinski definition) is 1. The highest BCUT2D eigenvalue weighted by molar-refractivity contribution is 7.92. The summed E-state index contributed by atoms with van der Waals surface area (Å²) in [5, 5.41) is 2.94. The van der Waals surface area contributed by atoms with E-state index in [2.05, 4.69) is 5.32 Å². The van der Waals surface area contributed by atoms with Crippen LogP contribution in [0.25, 0.3) is 0 Å². The minimum absolute atomic E-state index is 0.0707. The monoisotopic (exact) mass is 565 g/mol. The molecule has 0 heterocycles. The fraction of sp³-hybridized carbons (Fsp3) is 0.355. The highest BCUT2D eigenvalue weighted by Gasteiger charge is 2.32. The topological polar surface area (TPSA) is 96.0 Å². The average molecular weight is 566 g/mol. The molecule has 0 aromatic heterocycles. The molecular formula is C31H39N3O5S. The second-order valence-electron chi connectivity index (χ2n) is 10.0. The first-order chi connectivity index (χ1) is 19.0. The van der Waals surface area contributed by atoms with Gasteiger partial charge in [0.15, 0.2) is 0 Å². The van der Waals surface area contributed by atoms with Crippen molar-refractivity contribution in [2.24, 2.45) is 0 Å². The average Bonchev–Trinajstić information content (AvgIpc) is 2.94. The molecule has 3 rings (SSSR count). The van der Waals surface area contributed by atoms with E-state index >= 15 is 0 Å². The number of benzene rings is 3. The van der Waals surface area contributed by atoms with Crippen LogP contribution in [-0.4, -0.2) is 50.9 Å². The fourth-order valence-corrected chi connectivity index (χ4v) is 5.53. The fourth-order valence-electron chi connectivity index (χ4n) is 4.13. The molecule has 2 unspecified atom stereocenters. The van der Waals surface area contributed by atoms with E-state index in [0.717, 1.165) is 27.4 Å². The minimum Gasteiger partial charge on any atom is -0.497 e. The Labute approximate surface area is 238 Å². The van der Waals surface area contributed by atoms with E-state index in [9.17, 15) is 18.0 Å². The first kappa shape index (κ1) is 30.7. The smallest absolute Gasteiger partial charge is 0.264 e. The largest absolute Gasteiger partial charge is 0.497 e. The van der Waals surface area contributed by atoms with Crippen LogP contribution in [0.3, 0.4) is 0 Å². The van der Waals surface area contributed by atoms with Crippen LogP contribution in [0.4, 0.5) is 5.69 Å². The van der Waals surface area contributed by atoms with Gasteiger partial charge in [-0.25, -0.2) is 8.42 Å². The van der Waals surface area contributed by atoms with Crippen LogP contribution in [0.5, 0.6) is 5.75 Å². The van der Waals surface area contributed by atoms with Gasteiger partial charge < -0.3 is 15.0 Å². The zero-order valence-electron chi connectivity index (χ0n) is 24.0. The summed E-state index contributed by atoms with van der Waals surface area (Å²) in [5.41, 5.74) is 2.92. The van der Waals surface area contributed by atoms with E-state index in [1.165, 1.54) is 17.0 Å². The summed E-state index contributed by atoms with van der Waals surface area (Å²) >= 11 is 0. The Morgan fingerprint density at radius 1 is 0.925 bits per heavy atom. The SMILES string of the molecule is CCC(C)NC(=O)C(C)N(Cc1ccc(OC)cc1)C(=O)CN(c1cccc(C)c1)S(=O)(=O)c1ccc(C)cc1. The number of hydrogen-bond acceptors (Lipinski definition) is 5. The van der Waals surface area contributed by atoms with Gasteiger partial charge in [0.2, 0.25) is 11.8 Å². The van der Waals surface area contributed by atoms with Gasteiger partial charge in [0.05, 0.1) is 17.7 Å². The molecule has 0 aliphatic rings. The molecule has 214 valence electrons. The van der Waals surface area contributed by atoms with Crippen molar-refractivity contribution in [3.63, 3.8) is 0 Å². The van der Waals surface area contributed by atoms with Gasteiger partial charge in [-0.05, 0) is 81.6 Å². The van der Waals surface area contributed by atoms with Gasteiger partial charge in [-0.2, -0.15) is 0 Å². The van der Waals surface area contributed by atoms with E-state index in [0.29, 0.717) is 11.4 Å². The van der Waals surface area contributed by atoms with Gasteiger partial charge >= 0.3 is 0 Å². The lowest BCUT2D eigenvalue weighted by molar-refractivity contribution is -0.139. The van der Waals surface area contributed by atoms with Gasteiger partial charge in [0.1, 0.15) is 18.3 Å². The number of anilines is 1. The Morgan fingerprint density at radius 3 is 2.15 bits per heavy atom. The zero-order valence-corrected chi connectivity index (χ0v) is 24.9. The molecule has 0 aliphatic carbocycles. The first-order valence-corrected chi connectivity index (χ1v) is 14.8. The number of methoxy groups -OCH3 is 1. The molecule has 9 heteroatoms. The molecule has 3 aromatic rings. The van der Waals surface area contributed by atoms with E-state index < -0.39 is 28.5 Å². The van der Waals surface area contributed by atoms with Crippen LogP contribution in [-0.2, 0) is 26.2 Å². The minimum atomic E-state index is -4.10. The van der Waals surface area contributed by atoms with Crippen molar-refractivity contribution in [2.75, 3.05) is 18.0 Å². The Hall–Kier alpha value is -3.85. The van der Waals surface area contributed by atoms with E-state index in [-0.39, 0.29) is 23.4 Å². The molecule has 3 aromatic carbocycles. The van der Waals surface area contributed by atoms with Crippen molar-refractivity contribution in [3.8, 4) is 5.75 Å². The maximum absolute atomic E-state index is 14.0. The number of carbonyl (C=O) groups is 2. The number of carbonyl (C=O) groups excluding carboxylic acids is 2. The lowest BCUT2D eigenvalue weighted by Gasteiger charge is -2.32. The summed E-state index contributed by atoms with van der Waals surface area (Å²) in [6, 6.07) is 19.8. The van der Waals surface area contributed by atoms with Gasteiger partial charge in [0, 0.05) is 12.6 Å². The molecular weight excluding hydrogens is 526 g/mol. The van der Waals surface area contributed by atoms with Gasteiger partial charge in [0.25, 0.3) is 10.0 Å². The molecule has 2 atom stereocenters. The Bertz CT molecular complexity index is 1410. The van der Waals surface area contributed by atoms with Crippen LogP contribution in [0.15, 0.2) is 77.7 Å². The molecule has 1 N–H and O–H groups in total. The lowest BCUT2D eigenvalue weighted by Crippen LogP contribution is -2.52. The maximum Gasteiger partial charge on any atom is 0.264 e. The molecule has 40 heavy (non-hydrogen) atoms. The number of amides is 2. The molecule has 0 spiro atoms. The lowest BCUT2D eigenvalue weighted by atomic mass is 10.1. The molecule has 0 aliphatic heterocycles. The van der Waals surface area contributed by atoms with Crippen LogP contribution in [0.2, 0.25) is 0 Å². The molecule has 0 fully saturated rings. The normalized spacial score (nSPS) is 12.8. The van der Waals surface area contributed by atoms with Crippen LogP contribution in [0, 0.1) is 13.8 Å². The number of rotatable bonds is 12. The van der Waals surface area contributed by atoms with Crippen LogP contribution in [0.1, 0.15) is 43.9 Å². The summed E-state index contributed by atoms with van der Waals surface area (Å²) in [6.07, 6.45) is 0.737. The van der Waals surface area contributed by atoms with Gasteiger partial charge in [-0.1, -0.05) is 48.9 Å². The Balaban J connectivity index is 2.02. The summed E-state index contributed by atoms with van der Waals surface area (Å²) in [5.74, 6) is -0.140. The van der Waals surface area contributed by atoms with Crippen molar-refractivity contribution in [3.05, 3.63) is 89.5 Å².